The first kappa shape index (κ1) is 20.9. The second-order valence-electron chi connectivity index (χ2n) is 6.09. The molecule has 28 heavy (non-hydrogen) atoms. The second-order valence-corrected chi connectivity index (χ2v) is 6.09. The van der Waals surface area contributed by atoms with Crippen LogP contribution >= 0.6 is 0 Å². The van der Waals surface area contributed by atoms with Crippen LogP contribution in [0.2, 0.25) is 0 Å². The summed E-state index contributed by atoms with van der Waals surface area (Å²) in [7, 11) is 0. The number of carbonyl (C=O) groups is 1. The zero-order valence-corrected chi connectivity index (χ0v) is 16.1. The van der Waals surface area contributed by atoms with Crippen LogP contribution in [-0.2, 0) is 4.79 Å². The molecule has 3 aromatic rings. The number of aromatic amines is 1. The molecule has 144 valence electrons. The van der Waals surface area contributed by atoms with E-state index in [-0.39, 0.29) is 12.5 Å². The van der Waals surface area contributed by atoms with Gasteiger partial charge in [0.25, 0.3) is 0 Å². The number of pyridine rings is 1. The van der Waals surface area contributed by atoms with Gasteiger partial charge in [0.15, 0.2) is 0 Å². The van der Waals surface area contributed by atoms with Crippen molar-refractivity contribution in [1.82, 2.24) is 15.3 Å². The Hall–Kier alpha value is -3.44. The van der Waals surface area contributed by atoms with Crippen molar-refractivity contribution in [1.29, 1.82) is 0 Å². The Balaban J connectivity index is 0.000000233. The van der Waals surface area contributed by atoms with Crippen molar-refractivity contribution < 1.29 is 4.79 Å². The number of anilines is 1. The van der Waals surface area contributed by atoms with Crippen molar-refractivity contribution >= 4 is 22.5 Å². The maximum Gasteiger partial charge on any atom is 0.238 e. The summed E-state index contributed by atoms with van der Waals surface area (Å²) in [5, 5.41) is 7.11. The predicted octanol–water partition coefficient (Wildman–Crippen LogP) is 4.38. The number of hydrogen-bond acceptors (Lipinski definition) is 3. The van der Waals surface area contributed by atoms with E-state index in [2.05, 4.69) is 58.9 Å². The lowest BCUT2D eigenvalue weighted by atomic mass is 10.2. The van der Waals surface area contributed by atoms with Gasteiger partial charge in [0, 0.05) is 41.7 Å². The van der Waals surface area contributed by atoms with Crippen molar-refractivity contribution in [3.8, 4) is 0 Å². The van der Waals surface area contributed by atoms with E-state index in [9.17, 15) is 4.79 Å². The first-order chi connectivity index (χ1) is 13.6. The number of allylic oxidation sites excluding steroid dienone is 2. The Morgan fingerprint density at radius 2 is 1.89 bits per heavy atom. The summed E-state index contributed by atoms with van der Waals surface area (Å²) >= 11 is 0. The van der Waals surface area contributed by atoms with E-state index in [0.717, 1.165) is 11.3 Å². The molecule has 0 fully saturated rings. The van der Waals surface area contributed by atoms with Gasteiger partial charge in [0.2, 0.25) is 5.91 Å². The zero-order chi connectivity index (χ0) is 20.2. The number of carbonyl (C=O) groups excluding carboxylic acids is 1. The quantitative estimate of drug-likeness (QED) is 0.537. The molecular weight excluding hydrogens is 348 g/mol. The molecule has 5 heteroatoms. The van der Waals surface area contributed by atoms with Crippen LogP contribution < -0.4 is 10.6 Å². The number of nitrogens with one attached hydrogen (secondary N) is 3. The molecule has 2 aromatic heterocycles. The molecule has 1 aromatic carbocycles. The minimum absolute atomic E-state index is 0.0942. The number of aromatic nitrogens is 2. The summed E-state index contributed by atoms with van der Waals surface area (Å²) in [6.45, 7) is 10.2. The van der Waals surface area contributed by atoms with Gasteiger partial charge < -0.3 is 15.6 Å². The number of H-pyrrole nitrogens is 1. The molecular formula is C23H26N4O. The molecule has 2 heterocycles. The van der Waals surface area contributed by atoms with Crippen LogP contribution in [0.4, 0.5) is 5.69 Å². The molecule has 5 nitrogen and oxygen atoms in total. The molecule has 0 aliphatic rings. The summed E-state index contributed by atoms with van der Waals surface area (Å²) in [5.41, 5.74) is 4.26. The monoisotopic (exact) mass is 374 g/mol. The molecule has 0 aliphatic carbocycles. The summed E-state index contributed by atoms with van der Waals surface area (Å²) < 4.78 is 0. The first-order valence-corrected chi connectivity index (χ1v) is 9.01. The molecule has 0 bridgehead atoms. The van der Waals surface area contributed by atoms with Crippen molar-refractivity contribution in [2.45, 2.75) is 6.92 Å². The molecule has 0 spiro atoms. The fourth-order valence-corrected chi connectivity index (χ4v) is 2.53. The fraction of sp³-hybridized carbons (Fsp3) is 0.130. The number of aryl methyl sites for hydroxylation is 1. The van der Waals surface area contributed by atoms with Crippen LogP contribution in [0.1, 0.15) is 5.56 Å². The fourth-order valence-electron chi connectivity index (χ4n) is 2.53. The maximum absolute atomic E-state index is 11.6. The SMILES string of the molecule is C=C/C=C(\C=C)CNCC(=O)Nc1ccncc1.Cc1c[nH]c2ccccc12. The summed E-state index contributed by atoms with van der Waals surface area (Å²) in [4.78, 5) is 18.6. The van der Waals surface area contributed by atoms with Crippen LogP contribution in [0.3, 0.4) is 0 Å². The summed E-state index contributed by atoms with van der Waals surface area (Å²) in [6, 6.07) is 11.8. The largest absolute Gasteiger partial charge is 0.361 e. The van der Waals surface area contributed by atoms with E-state index in [0.29, 0.717) is 6.54 Å². The van der Waals surface area contributed by atoms with Gasteiger partial charge in [-0.1, -0.05) is 49.6 Å². The number of nitrogens with zero attached hydrogens (tertiary/aromatic N) is 1. The van der Waals surface area contributed by atoms with Gasteiger partial charge in [-0.3, -0.25) is 9.78 Å². The highest BCUT2D eigenvalue weighted by Crippen LogP contribution is 2.15. The van der Waals surface area contributed by atoms with Crippen molar-refractivity contribution in [3.63, 3.8) is 0 Å². The van der Waals surface area contributed by atoms with Crippen LogP contribution in [0, 0.1) is 6.92 Å². The van der Waals surface area contributed by atoms with Gasteiger partial charge in [0.05, 0.1) is 6.54 Å². The van der Waals surface area contributed by atoms with E-state index in [1.165, 1.54) is 16.5 Å². The average Bonchev–Trinajstić information content (AvgIpc) is 3.10. The summed E-state index contributed by atoms with van der Waals surface area (Å²) in [6.07, 6.45) is 10.6. The van der Waals surface area contributed by atoms with Gasteiger partial charge in [0.1, 0.15) is 0 Å². The number of fused-ring (bicyclic) bond motifs is 1. The van der Waals surface area contributed by atoms with E-state index >= 15 is 0 Å². The van der Waals surface area contributed by atoms with Gasteiger partial charge >= 0.3 is 0 Å². The Labute approximate surface area is 165 Å². The zero-order valence-electron chi connectivity index (χ0n) is 16.1. The smallest absolute Gasteiger partial charge is 0.238 e. The van der Waals surface area contributed by atoms with Crippen LogP contribution in [0.15, 0.2) is 91.9 Å². The molecule has 0 unspecified atom stereocenters. The van der Waals surface area contributed by atoms with E-state index in [4.69, 9.17) is 0 Å². The topological polar surface area (TPSA) is 69.8 Å². The maximum atomic E-state index is 11.6. The van der Waals surface area contributed by atoms with Crippen molar-refractivity contribution in [2.24, 2.45) is 0 Å². The number of amides is 1. The van der Waals surface area contributed by atoms with Gasteiger partial charge in [-0.05, 0) is 36.3 Å². The number of para-hydroxylation sites is 1. The molecule has 0 saturated carbocycles. The number of hydrogen-bond donors (Lipinski definition) is 3. The highest BCUT2D eigenvalue weighted by molar-refractivity contribution is 5.92. The van der Waals surface area contributed by atoms with Crippen molar-refractivity contribution in [3.05, 3.63) is 97.5 Å². The van der Waals surface area contributed by atoms with E-state index < -0.39 is 0 Å². The van der Waals surface area contributed by atoms with Gasteiger partial charge in [-0.2, -0.15) is 0 Å². The Bertz CT molecular complexity index is 941. The van der Waals surface area contributed by atoms with Gasteiger partial charge in [-0.15, -0.1) is 0 Å². The minimum Gasteiger partial charge on any atom is -0.361 e. The molecule has 0 radical (unpaired) electrons. The normalized spacial score (nSPS) is 10.7. The molecule has 0 saturated heterocycles. The molecule has 0 atom stereocenters. The van der Waals surface area contributed by atoms with Crippen molar-refractivity contribution in [2.75, 3.05) is 18.4 Å². The highest BCUT2D eigenvalue weighted by atomic mass is 16.1. The molecule has 1 amide bonds. The highest BCUT2D eigenvalue weighted by Gasteiger charge is 2.01. The first-order valence-electron chi connectivity index (χ1n) is 9.01. The standard InChI is InChI=1S/C14H17N3O.C9H9N/c1-3-5-12(4-2)10-16-11-14(18)17-13-6-8-15-9-7-13;1-7-6-10-9-5-3-2-4-8(7)9/h3-9,16H,1-2,10-11H2,(H,15,17,18);2-6,10H,1H3/b12-5+;. The Morgan fingerprint density at radius 1 is 1.14 bits per heavy atom. The van der Waals surface area contributed by atoms with Crippen LogP contribution in [0.25, 0.3) is 10.9 Å². The second kappa shape index (κ2) is 11.3. The lowest BCUT2D eigenvalue weighted by Crippen LogP contribution is -2.29. The van der Waals surface area contributed by atoms with Gasteiger partial charge in [-0.25, -0.2) is 0 Å². The summed E-state index contributed by atoms with van der Waals surface area (Å²) in [5.74, 6) is -0.0942. The van der Waals surface area contributed by atoms with E-state index in [1.807, 2.05) is 18.3 Å². The predicted molar refractivity (Wildman–Crippen MR) is 117 cm³/mol. The average molecular weight is 374 g/mol. The third-order valence-corrected chi connectivity index (χ3v) is 3.97. The third-order valence-electron chi connectivity index (χ3n) is 3.97. The van der Waals surface area contributed by atoms with Crippen LogP contribution in [0.5, 0.6) is 0 Å². The Kier molecular flexibility index (Phi) is 8.43. The number of rotatable bonds is 7. The molecule has 0 aliphatic heterocycles. The minimum atomic E-state index is -0.0942. The van der Waals surface area contributed by atoms with E-state index in [1.54, 1.807) is 36.7 Å². The lowest BCUT2D eigenvalue weighted by molar-refractivity contribution is -0.115. The third kappa shape index (κ3) is 6.70. The van der Waals surface area contributed by atoms with Crippen LogP contribution in [-0.4, -0.2) is 29.0 Å². The Morgan fingerprint density at radius 3 is 2.57 bits per heavy atom. The lowest BCUT2D eigenvalue weighted by Gasteiger charge is -2.06. The molecule has 3 N–H and O–H groups in total. The molecule has 3 rings (SSSR count). The number of benzene rings is 1.